The van der Waals surface area contributed by atoms with Crippen LogP contribution in [0.25, 0.3) is 0 Å². The number of β-amino-alcohol motifs (C(OH)–C–C–N with tert-alkyl or cyclic N) is 1. The van der Waals surface area contributed by atoms with Gasteiger partial charge in [-0.3, -0.25) is 0 Å². The number of aliphatic hydroxyl groups excluding tert-OH is 1. The molecule has 0 aromatic carbocycles. The first kappa shape index (κ1) is 21.5. The molecule has 0 aromatic rings. The molecule has 1 amide bonds. The third-order valence-corrected chi connectivity index (χ3v) is 5.31. The first-order chi connectivity index (χ1) is 12.1. The number of likely N-dealkylation sites (tertiary alicyclic amines) is 2. The zero-order chi connectivity index (χ0) is 19.3. The van der Waals surface area contributed by atoms with Crippen molar-refractivity contribution < 1.29 is 14.6 Å². The van der Waals surface area contributed by atoms with Gasteiger partial charge in [-0.2, -0.15) is 0 Å². The third-order valence-electron chi connectivity index (χ3n) is 5.31. The Kier molecular flexibility index (Phi) is 7.74. The van der Waals surface area contributed by atoms with Crippen molar-refractivity contribution in [1.82, 2.24) is 14.7 Å². The molecular weight excluding hydrogens is 330 g/mol. The van der Waals surface area contributed by atoms with Crippen LogP contribution in [0.3, 0.4) is 0 Å². The first-order valence-electron chi connectivity index (χ1n) is 10.2. The molecule has 2 atom stereocenters. The molecule has 0 aromatic heterocycles. The molecule has 0 aliphatic carbocycles. The lowest BCUT2D eigenvalue weighted by Crippen LogP contribution is -2.41. The van der Waals surface area contributed by atoms with Gasteiger partial charge in [0.05, 0.1) is 6.10 Å². The molecule has 0 radical (unpaired) electrons. The number of piperidine rings is 1. The smallest absolute Gasteiger partial charge is 0.410 e. The Morgan fingerprint density at radius 3 is 2.31 bits per heavy atom. The predicted octanol–water partition coefficient (Wildman–Crippen LogP) is 2.27. The minimum absolute atomic E-state index is 0.173. The van der Waals surface area contributed by atoms with Crippen molar-refractivity contribution in [2.45, 2.75) is 58.7 Å². The van der Waals surface area contributed by atoms with E-state index in [1.165, 1.54) is 12.8 Å². The molecule has 2 heterocycles. The van der Waals surface area contributed by atoms with Crippen LogP contribution >= 0.6 is 0 Å². The molecule has 1 N–H and O–H groups in total. The molecule has 2 saturated heterocycles. The third kappa shape index (κ3) is 7.41. The lowest BCUT2D eigenvalue weighted by Gasteiger charge is -2.34. The van der Waals surface area contributed by atoms with Crippen LogP contribution in [0, 0.1) is 11.8 Å². The molecule has 2 rings (SSSR count). The van der Waals surface area contributed by atoms with Crippen molar-refractivity contribution in [3.8, 4) is 0 Å². The Bertz CT molecular complexity index is 442. The Balaban J connectivity index is 1.66. The van der Waals surface area contributed by atoms with Crippen LogP contribution in [-0.4, -0.2) is 90.5 Å². The number of carbonyl (C=O) groups excluding carboxylic acids is 1. The van der Waals surface area contributed by atoms with Crippen molar-refractivity contribution in [3.05, 3.63) is 0 Å². The van der Waals surface area contributed by atoms with Crippen molar-refractivity contribution in [2.75, 3.05) is 52.9 Å². The predicted molar refractivity (Wildman–Crippen MR) is 104 cm³/mol. The topological polar surface area (TPSA) is 56.2 Å². The molecule has 152 valence electrons. The van der Waals surface area contributed by atoms with Gasteiger partial charge in [-0.1, -0.05) is 0 Å². The van der Waals surface area contributed by atoms with Crippen LogP contribution in [0.1, 0.15) is 47.0 Å². The second-order valence-electron chi connectivity index (χ2n) is 9.40. The van der Waals surface area contributed by atoms with Crippen molar-refractivity contribution >= 4 is 6.09 Å². The van der Waals surface area contributed by atoms with E-state index >= 15 is 0 Å². The number of aliphatic hydroxyl groups is 1. The highest BCUT2D eigenvalue weighted by Gasteiger charge is 2.30. The van der Waals surface area contributed by atoms with Crippen LogP contribution in [0.2, 0.25) is 0 Å². The molecule has 0 unspecified atom stereocenters. The molecular formula is C20H39N3O3. The summed E-state index contributed by atoms with van der Waals surface area (Å²) in [6.07, 6.45) is 3.09. The summed E-state index contributed by atoms with van der Waals surface area (Å²) in [5, 5.41) is 9.51. The van der Waals surface area contributed by atoms with Crippen LogP contribution in [0.15, 0.2) is 0 Å². The van der Waals surface area contributed by atoms with E-state index in [4.69, 9.17) is 4.74 Å². The fourth-order valence-corrected chi connectivity index (χ4v) is 4.16. The molecule has 6 heteroatoms. The highest BCUT2D eigenvalue weighted by atomic mass is 16.6. The van der Waals surface area contributed by atoms with Gasteiger partial charge in [0, 0.05) is 32.7 Å². The summed E-state index contributed by atoms with van der Waals surface area (Å²) in [7, 11) is 2.21. The molecule has 0 saturated carbocycles. The first-order valence-corrected chi connectivity index (χ1v) is 10.2. The van der Waals surface area contributed by atoms with E-state index in [9.17, 15) is 9.90 Å². The maximum absolute atomic E-state index is 12.2. The normalized spacial score (nSPS) is 24.3. The molecule has 26 heavy (non-hydrogen) atoms. The Labute approximate surface area is 159 Å². The molecule has 2 aliphatic rings. The second kappa shape index (κ2) is 9.38. The van der Waals surface area contributed by atoms with Gasteiger partial charge >= 0.3 is 6.09 Å². The van der Waals surface area contributed by atoms with Crippen molar-refractivity contribution in [2.24, 2.45) is 11.8 Å². The monoisotopic (exact) mass is 369 g/mol. The SMILES string of the molecule is C[C@@H](O)CN1CCC(CN(C)C[C@@H]2CCN(C(=O)OC(C)(C)C)C2)CC1. The number of hydrogen-bond acceptors (Lipinski definition) is 5. The molecule has 2 aliphatic heterocycles. The summed E-state index contributed by atoms with van der Waals surface area (Å²) in [4.78, 5) is 18.9. The second-order valence-corrected chi connectivity index (χ2v) is 9.40. The summed E-state index contributed by atoms with van der Waals surface area (Å²) in [5.41, 5.74) is -0.422. The Morgan fingerprint density at radius 1 is 1.15 bits per heavy atom. The molecule has 0 bridgehead atoms. The van der Waals surface area contributed by atoms with E-state index in [0.29, 0.717) is 5.92 Å². The average molecular weight is 370 g/mol. The highest BCUT2D eigenvalue weighted by molar-refractivity contribution is 5.68. The van der Waals surface area contributed by atoms with E-state index < -0.39 is 5.60 Å². The maximum Gasteiger partial charge on any atom is 0.410 e. The summed E-state index contributed by atoms with van der Waals surface area (Å²) in [6, 6.07) is 0. The van der Waals surface area contributed by atoms with E-state index in [-0.39, 0.29) is 12.2 Å². The summed E-state index contributed by atoms with van der Waals surface area (Å²) >= 11 is 0. The number of carbonyl (C=O) groups is 1. The number of ether oxygens (including phenoxy) is 1. The fraction of sp³-hybridized carbons (Fsp3) is 0.950. The number of amides is 1. The number of nitrogens with zero attached hydrogens (tertiary/aromatic N) is 3. The summed E-state index contributed by atoms with van der Waals surface area (Å²) < 4.78 is 5.48. The Hall–Kier alpha value is -0.850. The number of hydrogen-bond donors (Lipinski definition) is 1. The lowest BCUT2D eigenvalue weighted by atomic mass is 9.95. The lowest BCUT2D eigenvalue weighted by molar-refractivity contribution is 0.0285. The van der Waals surface area contributed by atoms with Crippen LogP contribution in [-0.2, 0) is 4.74 Å². The fourth-order valence-electron chi connectivity index (χ4n) is 4.16. The van der Waals surface area contributed by atoms with Gasteiger partial charge in [0.15, 0.2) is 0 Å². The summed E-state index contributed by atoms with van der Waals surface area (Å²) in [6.45, 7) is 14.4. The van der Waals surface area contributed by atoms with Gasteiger partial charge in [0.1, 0.15) is 5.60 Å². The summed E-state index contributed by atoms with van der Waals surface area (Å²) in [5.74, 6) is 1.29. The van der Waals surface area contributed by atoms with Gasteiger partial charge in [-0.25, -0.2) is 4.79 Å². The largest absolute Gasteiger partial charge is 0.444 e. The van der Waals surface area contributed by atoms with Crippen molar-refractivity contribution in [3.63, 3.8) is 0 Å². The van der Waals surface area contributed by atoms with E-state index in [1.807, 2.05) is 32.6 Å². The molecule has 2 fully saturated rings. The minimum atomic E-state index is -0.422. The van der Waals surface area contributed by atoms with Crippen LogP contribution < -0.4 is 0 Å². The zero-order valence-electron chi connectivity index (χ0n) is 17.4. The minimum Gasteiger partial charge on any atom is -0.444 e. The quantitative estimate of drug-likeness (QED) is 0.778. The van der Waals surface area contributed by atoms with E-state index in [2.05, 4.69) is 16.8 Å². The van der Waals surface area contributed by atoms with E-state index in [1.54, 1.807) is 0 Å². The zero-order valence-corrected chi connectivity index (χ0v) is 17.4. The van der Waals surface area contributed by atoms with E-state index in [0.717, 1.165) is 58.2 Å². The van der Waals surface area contributed by atoms with Crippen LogP contribution in [0.4, 0.5) is 4.79 Å². The molecule has 6 nitrogen and oxygen atoms in total. The van der Waals surface area contributed by atoms with Gasteiger partial charge in [0.25, 0.3) is 0 Å². The molecule has 0 spiro atoms. The van der Waals surface area contributed by atoms with Gasteiger partial charge in [0.2, 0.25) is 0 Å². The van der Waals surface area contributed by atoms with Crippen LogP contribution in [0.5, 0.6) is 0 Å². The van der Waals surface area contributed by atoms with Gasteiger partial charge in [-0.15, -0.1) is 0 Å². The Morgan fingerprint density at radius 2 is 1.73 bits per heavy atom. The van der Waals surface area contributed by atoms with Crippen molar-refractivity contribution in [1.29, 1.82) is 0 Å². The standard InChI is InChI=1S/C20H39N3O3/c1-16(24)12-22-9-6-17(7-10-22)13-21(5)14-18-8-11-23(15-18)19(25)26-20(2,3)4/h16-18,24H,6-15H2,1-5H3/t16-,18+/m1/s1. The maximum atomic E-state index is 12.2. The van der Waals surface area contributed by atoms with Gasteiger partial charge in [-0.05, 0) is 78.9 Å². The number of rotatable bonds is 6. The van der Waals surface area contributed by atoms with Gasteiger partial charge < -0.3 is 24.5 Å². The highest BCUT2D eigenvalue weighted by Crippen LogP contribution is 2.22. The average Bonchev–Trinajstić information content (AvgIpc) is 2.95.